The first kappa shape index (κ1) is 20.0. The molecule has 0 aliphatic carbocycles. The molecule has 1 aliphatic rings. The number of benzene rings is 2. The molecule has 0 bridgehead atoms. The Labute approximate surface area is 164 Å². The van der Waals surface area contributed by atoms with Crippen LogP contribution in [-0.2, 0) is 9.53 Å². The molecule has 2 aromatic rings. The van der Waals surface area contributed by atoms with Gasteiger partial charge in [0.05, 0.1) is 13.2 Å². The van der Waals surface area contributed by atoms with E-state index in [9.17, 15) is 14.0 Å². The van der Waals surface area contributed by atoms with Crippen LogP contribution in [0.4, 0.5) is 10.1 Å². The molecule has 3 rings (SSSR count). The molecule has 0 spiro atoms. The van der Waals surface area contributed by atoms with Gasteiger partial charge in [0, 0.05) is 23.2 Å². The number of carbonyl (C=O) groups is 2. The molecule has 1 heterocycles. The zero-order valence-electron chi connectivity index (χ0n) is 16.4. The van der Waals surface area contributed by atoms with E-state index in [0.29, 0.717) is 30.9 Å². The number of ether oxygens (including phenoxy) is 1. The number of nitrogens with zero attached hydrogens (tertiary/aromatic N) is 1. The third-order valence-electron chi connectivity index (χ3n) is 4.64. The van der Waals surface area contributed by atoms with E-state index in [-0.39, 0.29) is 23.7 Å². The van der Waals surface area contributed by atoms with E-state index >= 15 is 0 Å². The first-order valence-electron chi connectivity index (χ1n) is 9.32. The molecule has 1 saturated heterocycles. The molecule has 1 fully saturated rings. The van der Waals surface area contributed by atoms with Crippen molar-refractivity contribution in [3.8, 4) is 0 Å². The van der Waals surface area contributed by atoms with E-state index in [1.54, 1.807) is 41.3 Å². The average molecular weight is 384 g/mol. The predicted molar refractivity (Wildman–Crippen MR) is 106 cm³/mol. The summed E-state index contributed by atoms with van der Waals surface area (Å²) in [5, 5.41) is 2.85. The Morgan fingerprint density at radius 3 is 2.54 bits per heavy atom. The Balaban J connectivity index is 1.72. The van der Waals surface area contributed by atoms with Crippen molar-refractivity contribution in [2.45, 2.75) is 26.9 Å². The zero-order valence-corrected chi connectivity index (χ0v) is 16.4. The number of hydrogen-bond donors (Lipinski definition) is 1. The second-order valence-electron chi connectivity index (χ2n) is 7.95. The molecule has 6 heteroatoms. The number of halogens is 1. The van der Waals surface area contributed by atoms with Crippen molar-refractivity contribution in [1.82, 2.24) is 4.90 Å². The van der Waals surface area contributed by atoms with Crippen molar-refractivity contribution in [3.05, 3.63) is 65.5 Å². The van der Waals surface area contributed by atoms with E-state index in [1.807, 2.05) is 20.8 Å². The molecule has 148 valence electrons. The van der Waals surface area contributed by atoms with Crippen LogP contribution in [-0.4, -0.2) is 36.4 Å². The van der Waals surface area contributed by atoms with Gasteiger partial charge in [-0.1, -0.05) is 39.0 Å². The number of rotatable bonds is 3. The minimum atomic E-state index is -0.521. The lowest BCUT2D eigenvalue weighted by atomic mass is 9.95. The van der Waals surface area contributed by atoms with Crippen molar-refractivity contribution in [3.63, 3.8) is 0 Å². The van der Waals surface area contributed by atoms with Gasteiger partial charge in [-0.05, 0) is 35.9 Å². The second-order valence-corrected chi connectivity index (χ2v) is 7.95. The van der Waals surface area contributed by atoms with Gasteiger partial charge in [0.25, 0.3) is 5.91 Å². The van der Waals surface area contributed by atoms with Crippen LogP contribution in [0.25, 0.3) is 0 Å². The van der Waals surface area contributed by atoms with Crippen LogP contribution in [0.2, 0.25) is 0 Å². The van der Waals surface area contributed by atoms with Gasteiger partial charge in [-0.25, -0.2) is 4.39 Å². The summed E-state index contributed by atoms with van der Waals surface area (Å²) in [6, 6.07) is 13.1. The van der Waals surface area contributed by atoms with Crippen molar-refractivity contribution in [1.29, 1.82) is 0 Å². The Bertz CT molecular complexity index is 859. The quantitative estimate of drug-likeness (QED) is 0.869. The summed E-state index contributed by atoms with van der Waals surface area (Å²) in [6.07, 6.45) is -0.290. The highest BCUT2D eigenvalue weighted by Gasteiger charge is 2.27. The van der Waals surface area contributed by atoms with Gasteiger partial charge in [-0.3, -0.25) is 9.59 Å². The fourth-order valence-electron chi connectivity index (χ4n) is 2.94. The molecule has 1 aliphatic heterocycles. The summed E-state index contributed by atoms with van der Waals surface area (Å²) < 4.78 is 18.9. The highest BCUT2D eigenvalue weighted by molar-refractivity contribution is 5.98. The number of amides is 2. The van der Waals surface area contributed by atoms with Crippen LogP contribution < -0.4 is 5.32 Å². The molecular weight excluding hydrogens is 359 g/mol. The minimum absolute atomic E-state index is 0.111. The van der Waals surface area contributed by atoms with E-state index in [0.717, 1.165) is 5.56 Å². The minimum Gasteiger partial charge on any atom is -0.370 e. The average Bonchev–Trinajstić information content (AvgIpc) is 2.67. The highest BCUT2D eigenvalue weighted by Crippen LogP contribution is 2.24. The maximum atomic E-state index is 13.1. The Hall–Kier alpha value is -2.73. The molecule has 1 N–H and O–H groups in total. The Kier molecular flexibility index (Phi) is 5.79. The van der Waals surface area contributed by atoms with Gasteiger partial charge < -0.3 is 15.0 Å². The molecular formula is C22H25FN2O3. The molecule has 0 saturated carbocycles. The van der Waals surface area contributed by atoms with E-state index in [2.05, 4.69) is 5.32 Å². The summed E-state index contributed by atoms with van der Waals surface area (Å²) in [5.41, 5.74) is 1.41. The van der Waals surface area contributed by atoms with Crippen LogP contribution in [0.5, 0.6) is 0 Å². The molecule has 0 aromatic heterocycles. The van der Waals surface area contributed by atoms with Crippen LogP contribution in [0.3, 0.4) is 0 Å². The second kappa shape index (κ2) is 8.10. The fraction of sp³-hybridized carbons (Fsp3) is 0.364. The first-order valence-corrected chi connectivity index (χ1v) is 9.32. The summed E-state index contributed by atoms with van der Waals surface area (Å²) in [7, 11) is 0. The van der Waals surface area contributed by atoms with E-state index in [4.69, 9.17) is 4.74 Å². The third kappa shape index (κ3) is 4.75. The summed E-state index contributed by atoms with van der Waals surface area (Å²) in [5.74, 6) is -0.538. The lowest BCUT2D eigenvalue weighted by molar-refractivity contribution is -0.123. The SMILES string of the molecule is CC(C)(C)C(=O)Nc1cccc(C(=O)N2CCOC(c3ccc(F)cc3)C2)c1. The monoisotopic (exact) mass is 384 g/mol. The van der Waals surface area contributed by atoms with E-state index in [1.165, 1.54) is 12.1 Å². The zero-order chi connectivity index (χ0) is 20.3. The molecule has 0 radical (unpaired) electrons. The van der Waals surface area contributed by atoms with Gasteiger partial charge in [-0.2, -0.15) is 0 Å². The maximum Gasteiger partial charge on any atom is 0.254 e. The number of morpholine rings is 1. The Morgan fingerprint density at radius 1 is 1.14 bits per heavy atom. The largest absolute Gasteiger partial charge is 0.370 e. The summed E-state index contributed by atoms with van der Waals surface area (Å²) in [6.45, 7) is 6.79. The summed E-state index contributed by atoms with van der Waals surface area (Å²) >= 11 is 0. The molecule has 2 aromatic carbocycles. The van der Waals surface area contributed by atoms with Gasteiger partial charge in [-0.15, -0.1) is 0 Å². The standard InChI is InChI=1S/C22H25FN2O3/c1-22(2,3)21(27)24-18-6-4-5-16(13-18)20(26)25-11-12-28-19(14-25)15-7-9-17(23)10-8-15/h4-10,13,19H,11-12,14H2,1-3H3,(H,24,27). The normalized spacial score (nSPS) is 17.3. The van der Waals surface area contributed by atoms with Gasteiger partial charge in [0.1, 0.15) is 11.9 Å². The smallest absolute Gasteiger partial charge is 0.254 e. The first-order chi connectivity index (χ1) is 13.2. The van der Waals surface area contributed by atoms with Crippen molar-refractivity contribution in [2.75, 3.05) is 25.0 Å². The number of carbonyl (C=O) groups excluding carboxylic acids is 2. The van der Waals surface area contributed by atoms with Gasteiger partial charge in [0.2, 0.25) is 5.91 Å². The summed E-state index contributed by atoms with van der Waals surface area (Å²) in [4.78, 5) is 26.9. The molecule has 5 nitrogen and oxygen atoms in total. The van der Waals surface area contributed by atoms with Crippen molar-refractivity contribution < 1.29 is 18.7 Å². The predicted octanol–water partition coefficient (Wildman–Crippen LogP) is 4.02. The lowest BCUT2D eigenvalue weighted by Crippen LogP contribution is -2.42. The van der Waals surface area contributed by atoms with Gasteiger partial charge >= 0.3 is 0 Å². The van der Waals surface area contributed by atoms with Crippen LogP contribution in [0.1, 0.15) is 42.8 Å². The third-order valence-corrected chi connectivity index (χ3v) is 4.64. The van der Waals surface area contributed by atoms with Crippen LogP contribution >= 0.6 is 0 Å². The molecule has 28 heavy (non-hydrogen) atoms. The maximum absolute atomic E-state index is 13.1. The number of nitrogens with one attached hydrogen (secondary N) is 1. The van der Waals surface area contributed by atoms with E-state index < -0.39 is 5.41 Å². The van der Waals surface area contributed by atoms with Crippen molar-refractivity contribution >= 4 is 17.5 Å². The Morgan fingerprint density at radius 2 is 1.86 bits per heavy atom. The fourth-order valence-corrected chi connectivity index (χ4v) is 2.94. The lowest BCUT2D eigenvalue weighted by Gasteiger charge is -2.33. The molecule has 1 unspecified atom stereocenters. The van der Waals surface area contributed by atoms with Crippen LogP contribution in [0, 0.1) is 11.2 Å². The number of anilines is 1. The molecule has 1 atom stereocenters. The number of hydrogen-bond acceptors (Lipinski definition) is 3. The van der Waals surface area contributed by atoms with Crippen LogP contribution in [0.15, 0.2) is 48.5 Å². The molecule has 2 amide bonds. The highest BCUT2D eigenvalue weighted by atomic mass is 19.1. The van der Waals surface area contributed by atoms with Crippen molar-refractivity contribution in [2.24, 2.45) is 5.41 Å². The van der Waals surface area contributed by atoms with Gasteiger partial charge in [0.15, 0.2) is 0 Å². The topological polar surface area (TPSA) is 58.6 Å².